The quantitative estimate of drug-likeness (QED) is 0.870. The van der Waals surface area contributed by atoms with Crippen LogP contribution in [0.2, 0.25) is 0 Å². The third-order valence-corrected chi connectivity index (χ3v) is 3.23. The Balaban J connectivity index is 1.93. The van der Waals surface area contributed by atoms with Crippen molar-refractivity contribution in [2.75, 3.05) is 14.2 Å². The van der Waals surface area contributed by atoms with Crippen LogP contribution in [0.4, 0.5) is 0 Å². The number of hydrogen-bond acceptors (Lipinski definition) is 5. The second kappa shape index (κ2) is 6.37. The van der Waals surface area contributed by atoms with Crippen molar-refractivity contribution in [3.05, 3.63) is 40.3 Å². The Morgan fingerprint density at radius 1 is 1.33 bits per heavy atom. The van der Waals surface area contributed by atoms with Gasteiger partial charge in [-0.1, -0.05) is 6.07 Å². The molecule has 0 aliphatic heterocycles. The van der Waals surface area contributed by atoms with Crippen molar-refractivity contribution in [3.8, 4) is 11.5 Å². The third kappa shape index (κ3) is 3.45. The molecule has 1 N–H and O–H groups in total. The predicted octanol–water partition coefficient (Wildman–Crippen LogP) is 2.45. The largest absolute Gasteiger partial charge is 0.497 e. The first-order chi connectivity index (χ1) is 8.81. The minimum atomic E-state index is 0.488. The van der Waals surface area contributed by atoms with Gasteiger partial charge in [-0.2, -0.15) is 0 Å². The molecule has 0 aliphatic carbocycles. The third-order valence-electron chi connectivity index (χ3n) is 2.36. The number of methoxy groups -OCH3 is 1. The molecule has 0 radical (unpaired) electrons. The molecule has 0 spiro atoms. The topological polar surface area (TPSA) is 43.4 Å². The van der Waals surface area contributed by atoms with E-state index in [9.17, 15) is 0 Å². The highest BCUT2D eigenvalue weighted by Gasteiger charge is 2.03. The van der Waals surface area contributed by atoms with Gasteiger partial charge in [-0.25, -0.2) is 4.98 Å². The van der Waals surface area contributed by atoms with Crippen molar-refractivity contribution >= 4 is 11.3 Å². The molecular weight excluding hydrogens is 248 g/mol. The molecular formula is C13H16N2O2S. The van der Waals surface area contributed by atoms with Crippen LogP contribution in [-0.2, 0) is 13.2 Å². The minimum Gasteiger partial charge on any atom is -0.497 e. The van der Waals surface area contributed by atoms with Crippen molar-refractivity contribution in [2.45, 2.75) is 13.2 Å². The summed E-state index contributed by atoms with van der Waals surface area (Å²) in [5, 5.41) is 6.09. The summed E-state index contributed by atoms with van der Waals surface area (Å²) in [5.74, 6) is 1.59. The monoisotopic (exact) mass is 264 g/mol. The van der Waals surface area contributed by atoms with Crippen LogP contribution in [0.5, 0.6) is 11.5 Å². The molecule has 0 saturated heterocycles. The Bertz CT molecular complexity index is 499. The lowest BCUT2D eigenvalue weighted by atomic mass is 10.3. The van der Waals surface area contributed by atoms with Gasteiger partial charge in [-0.15, -0.1) is 11.3 Å². The molecule has 0 fully saturated rings. The Morgan fingerprint density at radius 2 is 2.17 bits per heavy atom. The Kier molecular flexibility index (Phi) is 4.55. The predicted molar refractivity (Wildman–Crippen MR) is 72.2 cm³/mol. The first-order valence-corrected chi connectivity index (χ1v) is 6.54. The molecule has 0 saturated carbocycles. The molecule has 0 unspecified atom stereocenters. The average molecular weight is 264 g/mol. The fraction of sp³-hybridized carbons (Fsp3) is 0.308. The lowest BCUT2D eigenvalue weighted by Gasteiger charge is -2.05. The first kappa shape index (κ1) is 12.9. The normalized spacial score (nSPS) is 10.3. The number of aromatic nitrogens is 1. The fourth-order valence-electron chi connectivity index (χ4n) is 1.51. The Hall–Kier alpha value is -1.59. The molecule has 18 heavy (non-hydrogen) atoms. The Labute approximate surface area is 111 Å². The number of ether oxygens (including phenoxy) is 2. The van der Waals surface area contributed by atoms with Gasteiger partial charge in [0.05, 0.1) is 12.8 Å². The number of nitrogens with zero attached hydrogens (tertiary/aromatic N) is 1. The molecule has 0 amide bonds. The van der Waals surface area contributed by atoms with Crippen molar-refractivity contribution in [3.63, 3.8) is 0 Å². The second-order valence-corrected chi connectivity index (χ2v) is 4.67. The summed E-state index contributed by atoms with van der Waals surface area (Å²) in [5.41, 5.74) is 1.05. The van der Waals surface area contributed by atoms with Crippen molar-refractivity contribution in [1.29, 1.82) is 0 Å². The Morgan fingerprint density at radius 3 is 2.94 bits per heavy atom. The van der Waals surface area contributed by atoms with Crippen LogP contribution in [0.25, 0.3) is 0 Å². The fourth-order valence-corrected chi connectivity index (χ4v) is 2.22. The summed E-state index contributed by atoms with van der Waals surface area (Å²) in [7, 11) is 3.55. The molecule has 0 aliphatic rings. The summed E-state index contributed by atoms with van der Waals surface area (Å²) in [6.07, 6.45) is 0. The summed E-state index contributed by atoms with van der Waals surface area (Å²) < 4.78 is 10.8. The number of hydrogen-bond donors (Lipinski definition) is 1. The van der Waals surface area contributed by atoms with Crippen molar-refractivity contribution in [1.82, 2.24) is 10.3 Å². The van der Waals surface area contributed by atoms with Gasteiger partial charge < -0.3 is 14.8 Å². The first-order valence-electron chi connectivity index (χ1n) is 5.66. The summed E-state index contributed by atoms with van der Waals surface area (Å²) in [4.78, 5) is 4.46. The van der Waals surface area contributed by atoms with E-state index in [1.807, 2.05) is 36.7 Å². The van der Waals surface area contributed by atoms with Gasteiger partial charge in [0.1, 0.15) is 23.1 Å². The van der Waals surface area contributed by atoms with E-state index >= 15 is 0 Å². The molecule has 0 bridgehead atoms. The molecule has 1 aromatic carbocycles. The molecule has 2 aromatic rings. The van der Waals surface area contributed by atoms with E-state index in [4.69, 9.17) is 9.47 Å². The van der Waals surface area contributed by atoms with Crippen LogP contribution in [0.3, 0.4) is 0 Å². The lowest BCUT2D eigenvalue weighted by molar-refractivity contribution is 0.302. The zero-order chi connectivity index (χ0) is 12.8. The second-order valence-electron chi connectivity index (χ2n) is 3.73. The van der Waals surface area contributed by atoms with Crippen LogP contribution < -0.4 is 14.8 Å². The number of rotatable bonds is 6. The lowest BCUT2D eigenvalue weighted by Crippen LogP contribution is -2.05. The van der Waals surface area contributed by atoms with E-state index in [2.05, 4.69) is 10.3 Å². The van der Waals surface area contributed by atoms with Gasteiger partial charge in [0, 0.05) is 18.0 Å². The van der Waals surface area contributed by atoms with E-state index in [1.165, 1.54) is 0 Å². The number of nitrogens with one attached hydrogen (secondary N) is 1. The molecule has 1 aromatic heterocycles. The van der Waals surface area contributed by atoms with E-state index in [-0.39, 0.29) is 0 Å². The van der Waals surface area contributed by atoms with E-state index < -0.39 is 0 Å². The van der Waals surface area contributed by atoms with Gasteiger partial charge in [-0.05, 0) is 19.2 Å². The van der Waals surface area contributed by atoms with Crippen LogP contribution in [0, 0.1) is 0 Å². The molecule has 96 valence electrons. The molecule has 5 heteroatoms. The van der Waals surface area contributed by atoms with Gasteiger partial charge in [0.25, 0.3) is 0 Å². The van der Waals surface area contributed by atoms with Gasteiger partial charge in [-0.3, -0.25) is 0 Å². The maximum Gasteiger partial charge on any atom is 0.140 e. The zero-order valence-corrected chi connectivity index (χ0v) is 11.3. The van der Waals surface area contributed by atoms with Gasteiger partial charge >= 0.3 is 0 Å². The molecule has 4 nitrogen and oxygen atoms in total. The average Bonchev–Trinajstić information content (AvgIpc) is 2.85. The summed E-state index contributed by atoms with van der Waals surface area (Å²) in [6, 6.07) is 7.57. The van der Waals surface area contributed by atoms with Crippen LogP contribution in [0.15, 0.2) is 29.6 Å². The minimum absolute atomic E-state index is 0.488. The van der Waals surface area contributed by atoms with Gasteiger partial charge in [0.15, 0.2) is 0 Å². The highest BCUT2D eigenvalue weighted by molar-refractivity contribution is 7.09. The highest BCUT2D eigenvalue weighted by atomic mass is 32.1. The van der Waals surface area contributed by atoms with Gasteiger partial charge in [0.2, 0.25) is 0 Å². The molecule has 0 atom stereocenters. The summed E-state index contributed by atoms with van der Waals surface area (Å²) >= 11 is 1.61. The number of benzene rings is 1. The standard InChI is InChI=1S/C13H16N2O2S/c1-14-7-10-9-18-13(15-10)8-17-12-5-3-4-11(6-12)16-2/h3-6,9,14H,7-8H2,1-2H3. The van der Waals surface area contributed by atoms with E-state index in [0.29, 0.717) is 6.61 Å². The van der Waals surface area contributed by atoms with Crippen molar-refractivity contribution < 1.29 is 9.47 Å². The highest BCUT2D eigenvalue weighted by Crippen LogP contribution is 2.20. The smallest absolute Gasteiger partial charge is 0.140 e. The SMILES string of the molecule is CNCc1csc(COc2cccc(OC)c2)n1. The zero-order valence-electron chi connectivity index (χ0n) is 10.5. The van der Waals surface area contributed by atoms with E-state index in [1.54, 1.807) is 18.4 Å². The van der Waals surface area contributed by atoms with Crippen LogP contribution in [-0.4, -0.2) is 19.1 Å². The van der Waals surface area contributed by atoms with Crippen LogP contribution in [0.1, 0.15) is 10.7 Å². The molecule has 1 heterocycles. The summed E-state index contributed by atoms with van der Waals surface area (Å²) in [6.45, 7) is 1.28. The number of thiazole rings is 1. The van der Waals surface area contributed by atoms with Crippen LogP contribution >= 0.6 is 11.3 Å². The maximum absolute atomic E-state index is 5.67. The van der Waals surface area contributed by atoms with E-state index in [0.717, 1.165) is 28.7 Å². The van der Waals surface area contributed by atoms with Crippen molar-refractivity contribution in [2.24, 2.45) is 0 Å². The maximum atomic E-state index is 5.67. The molecule has 2 rings (SSSR count).